The topological polar surface area (TPSA) is 85.0 Å². The lowest BCUT2D eigenvalue weighted by molar-refractivity contribution is -0.132. The van der Waals surface area contributed by atoms with E-state index in [4.69, 9.17) is 15.2 Å². The monoisotopic (exact) mass is 294 g/mol. The number of likely N-dealkylation sites (tertiary alicyclic amines) is 1. The van der Waals surface area contributed by atoms with E-state index >= 15 is 0 Å². The standard InChI is InChI=1S/C15H22N2O4/c1-20-13-8-17(9-14(13)21-2)15(19)12(16)7-10-3-5-11(18)6-4-10/h3-6,12-14,18H,7-9,16H2,1-2H3/t12-,13?,14?/m0/s1. The van der Waals surface area contributed by atoms with Gasteiger partial charge in [-0.15, -0.1) is 0 Å². The fourth-order valence-electron chi connectivity index (χ4n) is 2.58. The van der Waals surface area contributed by atoms with Crippen LogP contribution in [0.5, 0.6) is 5.75 Å². The lowest BCUT2D eigenvalue weighted by Gasteiger charge is -2.20. The van der Waals surface area contributed by atoms with E-state index in [1.165, 1.54) is 0 Å². The van der Waals surface area contributed by atoms with Crippen LogP contribution >= 0.6 is 0 Å². The number of rotatable bonds is 5. The zero-order valence-corrected chi connectivity index (χ0v) is 12.4. The number of aromatic hydroxyl groups is 1. The molecule has 1 aliphatic rings. The van der Waals surface area contributed by atoms with Gasteiger partial charge in [0.05, 0.1) is 6.04 Å². The van der Waals surface area contributed by atoms with Crippen LogP contribution in [0.4, 0.5) is 0 Å². The molecule has 0 aromatic heterocycles. The minimum absolute atomic E-state index is 0.107. The van der Waals surface area contributed by atoms with Gasteiger partial charge in [0.25, 0.3) is 0 Å². The largest absolute Gasteiger partial charge is 0.508 e. The molecule has 2 unspecified atom stereocenters. The molecule has 6 nitrogen and oxygen atoms in total. The highest BCUT2D eigenvalue weighted by atomic mass is 16.5. The second-order valence-corrected chi connectivity index (χ2v) is 5.27. The van der Waals surface area contributed by atoms with Crippen molar-refractivity contribution >= 4 is 5.91 Å². The molecule has 1 saturated heterocycles. The van der Waals surface area contributed by atoms with Crippen LogP contribution < -0.4 is 5.73 Å². The molecule has 1 aromatic rings. The third-order valence-corrected chi connectivity index (χ3v) is 3.84. The highest BCUT2D eigenvalue weighted by Crippen LogP contribution is 2.17. The smallest absolute Gasteiger partial charge is 0.240 e. The number of carbonyl (C=O) groups excluding carboxylic acids is 1. The molecule has 1 amide bonds. The molecule has 1 aliphatic heterocycles. The summed E-state index contributed by atoms with van der Waals surface area (Å²) in [6.07, 6.45) is 0.213. The Bertz CT molecular complexity index is 465. The summed E-state index contributed by atoms with van der Waals surface area (Å²) in [6, 6.07) is 6.10. The molecule has 0 spiro atoms. The van der Waals surface area contributed by atoms with Crippen molar-refractivity contribution in [1.29, 1.82) is 0 Å². The number of phenolic OH excluding ortho intramolecular Hbond substituents is 1. The zero-order chi connectivity index (χ0) is 15.4. The Morgan fingerprint density at radius 2 is 1.81 bits per heavy atom. The normalized spacial score (nSPS) is 23.3. The highest BCUT2D eigenvalue weighted by Gasteiger charge is 2.36. The summed E-state index contributed by atoms with van der Waals surface area (Å²) < 4.78 is 10.6. The first-order valence-electron chi connectivity index (χ1n) is 6.93. The van der Waals surface area contributed by atoms with Crippen LogP contribution in [-0.4, -0.2) is 61.5 Å². The van der Waals surface area contributed by atoms with Crippen LogP contribution in [0.15, 0.2) is 24.3 Å². The molecule has 3 N–H and O–H groups in total. The van der Waals surface area contributed by atoms with Gasteiger partial charge in [-0.1, -0.05) is 12.1 Å². The number of nitrogens with two attached hydrogens (primary N) is 1. The van der Waals surface area contributed by atoms with Crippen molar-refractivity contribution in [2.75, 3.05) is 27.3 Å². The fraction of sp³-hybridized carbons (Fsp3) is 0.533. The van der Waals surface area contributed by atoms with E-state index in [-0.39, 0.29) is 23.9 Å². The number of phenols is 1. The van der Waals surface area contributed by atoms with Gasteiger partial charge in [0.2, 0.25) is 5.91 Å². The van der Waals surface area contributed by atoms with Crippen molar-refractivity contribution in [2.24, 2.45) is 5.73 Å². The average molecular weight is 294 g/mol. The van der Waals surface area contributed by atoms with Gasteiger partial charge in [0.1, 0.15) is 18.0 Å². The molecule has 21 heavy (non-hydrogen) atoms. The number of benzene rings is 1. The number of methoxy groups -OCH3 is 2. The summed E-state index contributed by atoms with van der Waals surface area (Å²) in [5, 5.41) is 9.25. The molecule has 116 valence electrons. The van der Waals surface area contributed by atoms with Crippen LogP contribution in [0, 0.1) is 0 Å². The first-order chi connectivity index (χ1) is 10.0. The zero-order valence-electron chi connectivity index (χ0n) is 12.4. The van der Waals surface area contributed by atoms with Crippen molar-refractivity contribution in [3.63, 3.8) is 0 Å². The molecule has 0 radical (unpaired) electrons. The van der Waals surface area contributed by atoms with E-state index in [0.29, 0.717) is 19.5 Å². The number of carbonyl (C=O) groups is 1. The first-order valence-corrected chi connectivity index (χ1v) is 6.93. The summed E-state index contributed by atoms with van der Waals surface area (Å²) >= 11 is 0. The maximum atomic E-state index is 12.4. The molecule has 1 fully saturated rings. The second kappa shape index (κ2) is 6.89. The van der Waals surface area contributed by atoms with Crippen LogP contribution in [0.2, 0.25) is 0 Å². The maximum Gasteiger partial charge on any atom is 0.240 e. The van der Waals surface area contributed by atoms with Crippen LogP contribution in [0.1, 0.15) is 5.56 Å². The van der Waals surface area contributed by atoms with Gasteiger partial charge in [-0.3, -0.25) is 4.79 Å². The van der Waals surface area contributed by atoms with E-state index in [0.717, 1.165) is 5.56 Å². The number of hydrogen-bond donors (Lipinski definition) is 2. The van der Waals surface area contributed by atoms with Gasteiger partial charge in [-0.2, -0.15) is 0 Å². The Kier molecular flexibility index (Phi) is 5.17. The lowest BCUT2D eigenvalue weighted by atomic mass is 10.1. The highest BCUT2D eigenvalue weighted by molar-refractivity contribution is 5.82. The van der Waals surface area contributed by atoms with Crippen LogP contribution in [-0.2, 0) is 20.7 Å². The summed E-state index contributed by atoms with van der Waals surface area (Å²) in [7, 11) is 3.22. The van der Waals surface area contributed by atoms with Gasteiger partial charge >= 0.3 is 0 Å². The van der Waals surface area contributed by atoms with E-state index in [2.05, 4.69) is 0 Å². The Morgan fingerprint density at radius 1 is 1.29 bits per heavy atom. The molecular formula is C15H22N2O4. The SMILES string of the molecule is COC1CN(C(=O)[C@@H](N)Cc2ccc(O)cc2)CC1OC. The van der Waals surface area contributed by atoms with E-state index in [1.54, 1.807) is 43.4 Å². The van der Waals surface area contributed by atoms with Crippen LogP contribution in [0.3, 0.4) is 0 Å². The third kappa shape index (κ3) is 3.72. The number of hydrogen-bond acceptors (Lipinski definition) is 5. The van der Waals surface area contributed by atoms with Crippen molar-refractivity contribution in [1.82, 2.24) is 4.90 Å². The average Bonchev–Trinajstić information content (AvgIpc) is 2.92. The fourth-order valence-corrected chi connectivity index (χ4v) is 2.58. The van der Waals surface area contributed by atoms with E-state index < -0.39 is 6.04 Å². The van der Waals surface area contributed by atoms with Crippen LogP contribution in [0.25, 0.3) is 0 Å². The molecule has 1 heterocycles. The molecule has 0 saturated carbocycles. The minimum atomic E-state index is -0.609. The summed E-state index contributed by atoms with van der Waals surface area (Å²) in [5.74, 6) is 0.0914. The van der Waals surface area contributed by atoms with E-state index in [9.17, 15) is 9.90 Å². The van der Waals surface area contributed by atoms with Gasteiger partial charge in [0, 0.05) is 27.3 Å². The quantitative estimate of drug-likeness (QED) is 0.806. The molecule has 0 aliphatic carbocycles. The minimum Gasteiger partial charge on any atom is -0.508 e. The van der Waals surface area contributed by atoms with Crippen molar-refractivity contribution < 1.29 is 19.4 Å². The van der Waals surface area contributed by atoms with Gasteiger partial charge in [-0.25, -0.2) is 0 Å². The van der Waals surface area contributed by atoms with Gasteiger partial charge < -0.3 is 25.2 Å². The molecule has 6 heteroatoms. The Balaban J connectivity index is 1.95. The molecule has 2 rings (SSSR count). The Hall–Kier alpha value is -1.63. The summed E-state index contributed by atoms with van der Waals surface area (Å²) in [5.41, 5.74) is 6.92. The molecule has 1 aromatic carbocycles. The predicted molar refractivity (Wildman–Crippen MR) is 78.0 cm³/mol. The first kappa shape index (κ1) is 15.8. The van der Waals surface area contributed by atoms with E-state index in [1.807, 2.05) is 0 Å². The third-order valence-electron chi connectivity index (χ3n) is 3.84. The maximum absolute atomic E-state index is 12.4. The summed E-state index contributed by atoms with van der Waals surface area (Å²) in [4.78, 5) is 14.1. The lowest BCUT2D eigenvalue weighted by Crippen LogP contribution is -2.44. The Morgan fingerprint density at radius 3 is 2.29 bits per heavy atom. The predicted octanol–water partition coefficient (Wildman–Crippen LogP) is 0.134. The summed E-state index contributed by atoms with van der Waals surface area (Å²) in [6.45, 7) is 0.994. The number of nitrogens with zero attached hydrogens (tertiary/aromatic N) is 1. The molecule has 0 bridgehead atoms. The van der Waals surface area contributed by atoms with Gasteiger partial charge in [0.15, 0.2) is 0 Å². The van der Waals surface area contributed by atoms with Crippen molar-refractivity contribution in [3.05, 3.63) is 29.8 Å². The molecular weight excluding hydrogens is 272 g/mol. The Labute approximate surface area is 124 Å². The number of amides is 1. The van der Waals surface area contributed by atoms with Gasteiger partial charge in [-0.05, 0) is 24.1 Å². The van der Waals surface area contributed by atoms with Crippen molar-refractivity contribution in [3.8, 4) is 5.75 Å². The second-order valence-electron chi connectivity index (χ2n) is 5.27. The van der Waals surface area contributed by atoms with Crippen molar-refractivity contribution in [2.45, 2.75) is 24.7 Å². The molecule has 3 atom stereocenters. The number of ether oxygens (including phenoxy) is 2.